The highest BCUT2D eigenvalue weighted by Crippen LogP contribution is 2.36. The van der Waals surface area contributed by atoms with Crippen LogP contribution in [0.25, 0.3) is 11.1 Å². The number of hydrogen-bond donors (Lipinski definition) is 0. The first-order valence-corrected chi connectivity index (χ1v) is 5.52. The summed E-state index contributed by atoms with van der Waals surface area (Å²) in [5.41, 5.74) is 2.26. The zero-order valence-electron chi connectivity index (χ0n) is 10.2. The van der Waals surface area contributed by atoms with Gasteiger partial charge in [0.1, 0.15) is 5.75 Å². The van der Waals surface area contributed by atoms with Crippen molar-refractivity contribution in [1.29, 1.82) is 0 Å². The summed E-state index contributed by atoms with van der Waals surface area (Å²) < 4.78 is 5.24. The van der Waals surface area contributed by atoms with Gasteiger partial charge in [-0.3, -0.25) is 10.1 Å². The molecule has 0 N–H and O–H groups in total. The van der Waals surface area contributed by atoms with Crippen LogP contribution in [-0.4, -0.2) is 12.0 Å². The fourth-order valence-corrected chi connectivity index (χ4v) is 1.89. The molecule has 0 aliphatic rings. The summed E-state index contributed by atoms with van der Waals surface area (Å²) in [5.74, 6) is 0.629. The van der Waals surface area contributed by atoms with Crippen molar-refractivity contribution in [3.63, 3.8) is 0 Å². The normalized spacial score (nSPS) is 10.1. The minimum absolute atomic E-state index is 0.0968. The zero-order valence-corrected chi connectivity index (χ0v) is 10.2. The van der Waals surface area contributed by atoms with Gasteiger partial charge in [0.2, 0.25) is 0 Å². The molecule has 0 heterocycles. The lowest BCUT2D eigenvalue weighted by atomic mass is 10.0. The highest BCUT2D eigenvalue weighted by Gasteiger charge is 2.17. The largest absolute Gasteiger partial charge is 0.496 e. The van der Waals surface area contributed by atoms with Crippen molar-refractivity contribution < 1.29 is 9.66 Å². The molecule has 18 heavy (non-hydrogen) atoms. The average Bonchev–Trinajstić information content (AvgIpc) is 2.38. The lowest BCUT2D eigenvalue weighted by Gasteiger charge is -2.09. The van der Waals surface area contributed by atoms with E-state index < -0.39 is 0 Å². The van der Waals surface area contributed by atoms with Crippen molar-refractivity contribution in [2.24, 2.45) is 0 Å². The van der Waals surface area contributed by atoms with Crippen LogP contribution in [0.5, 0.6) is 5.75 Å². The van der Waals surface area contributed by atoms with Crippen LogP contribution < -0.4 is 4.74 Å². The molecule has 2 rings (SSSR count). The van der Waals surface area contributed by atoms with Crippen molar-refractivity contribution in [2.75, 3.05) is 7.11 Å². The Labute approximate surface area is 105 Å². The molecule has 2 aromatic carbocycles. The number of nitro groups is 1. The number of nitrogens with zero attached hydrogens (tertiary/aromatic N) is 1. The van der Waals surface area contributed by atoms with Crippen molar-refractivity contribution in [3.8, 4) is 16.9 Å². The number of aryl methyl sites for hydroxylation is 1. The molecule has 2 aromatic rings. The van der Waals surface area contributed by atoms with Gasteiger partial charge in [0.15, 0.2) is 0 Å². The molecular weight excluding hydrogens is 230 g/mol. The molecule has 0 saturated heterocycles. The molecule has 0 atom stereocenters. The Morgan fingerprint density at radius 3 is 2.50 bits per heavy atom. The average molecular weight is 243 g/mol. The van der Waals surface area contributed by atoms with Gasteiger partial charge in [0.05, 0.1) is 17.6 Å². The number of methoxy groups -OCH3 is 1. The first-order chi connectivity index (χ1) is 8.63. The van der Waals surface area contributed by atoms with Gasteiger partial charge in [-0.15, -0.1) is 0 Å². The monoisotopic (exact) mass is 243 g/mol. The van der Waals surface area contributed by atoms with Gasteiger partial charge in [-0.2, -0.15) is 0 Å². The second-order valence-electron chi connectivity index (χ2n) is 3.98. The Hall–Kier alpha value is -2.36. The Morgan fingerprint density at radius 2 is 1.83 bits per heavy atom. The highest BCUT2D eigenvalue weighted by molar-refractivity contribution is 5.78. The third-order valence-electron chi connectivity index (χ3n) is 2.75. The van der Waals surface area contributed by atoms with Crippen molar-refractivity contribution in [1.82, 2.24) is 0 Å². The Balaban J connectivity index is 2.67. The summed E-state index contributed by atoms with van der Waals surface area (Å²) in [6.45, 7) is 1.83. The predicted molar refractivity (Wildman–Crippen MR) is 69.8 cm³/mol. The lowest BCUT2D eigenvalue weighted by Crippen LogP contribution is -1.94. The van der Waals surface area contributed by atoms with E-state index in [1.807, 2.05) is 31.2 Å². The first-order valence-electron chi connectivity index (χ1n) is 5.52. The predicted octanol–water partition coefficient (Wildman–Crippen LogP) is 3.58. The lowest BCUT2D eigenvalue weighted by molar-refractivity contribution is -0.384. The molecule has 0 aromatic heterocycles. The molecule has 0 fully saturated rings. The van der Waals surface area contributed by atoms with E-state index in [2.05, 4.69) is 0 Å². The number of para-hydroxylation sites is 1. The highest BCUT2D eigenvalue weighted by atomic mass is 16.6. The quantitative estimate of drug-likeness (QED) is 0.611. The Kier molecular flexibility index (Phi) is 3.28. The van der Waals surface area contributed by atoms with Crippen molar-refractivity contribution in [3.05, 3.63) is 58.1 Å². The third kappa shape index (κ3) is 2.18. The molecule has 0 amide bonds. The summed E-state index contributed by atoms with van der Waals surface area (Å²) >= 11 is 0. The van der Waals surface area contributed by atoms with E-state index in [-0.39, 0.29) is 10.6 Å². The van der Waals surface area contributed by atoms with Crippen LogP contribution in [0, 0.1) is 17.0 Å². The molecule has 0 saturated carbocycles. The fraction of sp³-hybridized carbons (Fsp3) is 0.143. The van der Waals surface area contributed by atoms with Gasteiger partial charge in [-0.25, -0.2) is 0 Å². The SMILES string of the molecule is COc1ccccc1-c1ccc(C)cc1[N+](=O)[O-]. The topological polar surface area (TPSA) is 52.4 Å². The van der Waals surface area contributed by atoms with E-state index in [9.17, 15) is 10.1 Å². The molecule has 0 radical (unpaired) electrons. The van der Waals surface area contributed by atoms with E-state index >= 15 is 0 Å². The van der Waals surface area contributed by atoms with E-state index in [1.54, 1.807) is 25.3 Å². The summed E-state index contributed by atoms with van der Waals surface area (Å²) in [5, 5.41) is 11.1. The molecule has 0 spiro atoms. The molecule has 0 aliphatic carbocycles. The molecule has 0 unspecified atom stereocenters. The zero-order chi connectivity index (χ0) is 13.1. The first kappa shape index (κ1) is 12.1. The maximum Gasteiger partial charge on any atom is 0.277 e. The Bertz CT molecular complexity index is 593. The number of nitro benzene ring substituents is 1. The van der Waals surface area contributed by atoms with Gasteiger partial charge in [-0.05, 0) is 24.6 Å². The summed E-state index contributed by atoms with van der Waals surface area (Å²) in [6, 6.07) is 12.5. The third-order valence-corrected chi connectivity index (χ3v) is 2.75. The smallest absolute Gasteiger partial charge is 0.277 e. The van der Waals surface area contributed by atoms with Gasteiger partial charge >= 0.3 is 0 Å². The standard InChI is InChI=1S/C14H13NO3/c1-10-7-8-11(13(9-10)15(16)17)12-5-3-4-6-14(12)18-2/h3-9H,1-2H3. The summed E-state index contributed by atoms with van der Waals surface area (Å²) in [6.07, 6.45) is 0. The van der Waals surface area contributed by atoms with E-state index in [0.29, 0.717) is 11.3 Å². The number of benzene rings is 2. The van der Waals surface area contributed by atoms with Gasteiger partial charge in [-0.1, -0.05) is 24.3 Å². The van der Waals surface area contributed by atoms with E-state index in [0.717, 1.165) is 11.1 Å². The van der Waals surface area contributed by atoms with Crippen molar-refractivity contribution in [2.45, 2.75) is 6.92 Å². The summed E-state index contributed by atoms with van der Waals surface area (Å²) in [4.78, 5) is 10.7. The van der Waals surface area contributed by atoms with Crippen LogP contribution in [0.15, 0.2) is 42.5 Å². The Morgan fingerprint density at radius 1 is 1.11 bits per heavy atom. The summed E-state index contributed by atoms with van der Waals surface area (Å²) in [7, 11) is 1.55. The second kappa shape index (κ2) is 4.87. The second-order valence-corrected chi connectivity index (χ2v) is 3.98. The number of hydrogen-bond acceptors (Lipinski definition) is 3. The van der Waals surface area contributed by atoms with Crippen molar-refractivity contribution >= 4 is 5.69 Å². The van der Waals surface area contributed by atoms with Crippen LogP contribution in [0.4, 0.5) is 5.69 Å². The fourth-order valence-electron chi connectivity index (χ4n) is 1.89. The molecule has 92 valence electrons. The minimum atomic E-state index is -0.366. The van der Waals surface area contributed by atoms with Crippen LogP contribution in [0.3, 0.4) is 0 Å². The molecule has 0 aliphatic heterocycles. The van der Waals surface area contributed by atoms with Crippen LogP contribution in [0.1, 0.15) is 5.56 Å². The maximum absolute atomic E-state index is 11.1. The van der Waals surface area contributed by atoms with E-state index in [1.165, 1.54) is 0 Å². The van der Waals surface area contributed by atoms with E-state index in [4.69, 9.17) is 4.74 Å². The van der Waals surface area contributed by atoms with Crippen LogP contribution >= 0.6 is 0 Å². The molecule has 4 nitrogen and oxygen atoms in total. The maximum atomic E-state index is 11.1. The van der Waals surface area contributed by atoms with Gasteiger partial charge in [0, 0.05) is 11.6 Å². The minimum Gasteiger partial charge on any atom is -0.496 e. The van der Waals surface area contributed by atoms with Crippen LogP contribution in [0.2, 0.25) is 0 Å². The van der Waals surface area contributed by atoms with Crippen LogP contribution in [-0.2, 0) is 0 Å². The number of ether oxygens (including phenoxy) is 1. The number of rotatable bonds is 3. The van der Waals surface area contributed by atoms with Gasteiger partial charge < -0.3 is 4.74 Å². The molecule has 0 bridgehead atoms. The van der Waals surface area contributed by atoms with Gasteiger partial charge in [0.25, 0.3) is 5.69 Å². The molecule has 4 heteroatoms. The molecular formula is C14H13NO3.